The Kier molecular flexibility index (Phi) is 6.03. The van der Waals surface area contributed by atoms with Gasteiger partial charge in [-0.15, -0.1) is 0 Å². The maximum Gasteiger partial charge on any atom is 0.247 e. The molecule has 188 valence electrons. The average molecular weight is 513 g/mol. The molecular weight excluding hydrogens is 484 g/mol. The summed E-state index contributed by atoms with van der Waals surface area (Å²) >= 11 is 1.59. The number of carbonyl (C=O) groups is 3. The number of ether oxygens (including phenoxy) is 1. The Morgan fingerprint density at radius 3 is 1.84 bits per heavy atom. The predicted molar refractivity (Wildman–Crippen MR) is 144 cm³/mol. The van der Waals surface area contributed by atoms with E-state index in [2.05, 4.69) is 29.6 Å². The molecule has 7 heteroatoms. The molecule has 2 bridgehead atoms. The lowest BCUT2D eigenvalue weighted by Gasteiger charge is -2.45. The summed E-state index contributed by atoms with van der Waals surface area (Å²) in [5.74, 6) is -1.08. The summed E-state index contributed by atoms with van der Waals surface area (Å²) in [7, 11) is 1.54. The Hall–Kier alpha value is -3.58. The van der Waals surface area contributed by atoms with E-state index in [0.717, 1.165) is 22.3 Å². The lowest BCUT2D eigenvalue weighted by Crippen LogP contribution is -2.48. The summed E-state index contributed by atoms with van der Waals surface area (Å²) < 4.78 is 5.39. The van der Waals surface area contributed by atoms with Crippen molar-refractivity contribution in [1.82, 2.24) is 4.90 Å². The number of thioether (sulfide) groups is 1. The largest absolute Gasteiger partial charge is 0.495 e. The van der Waals surface area contributed by atoms with Crippen LogP contribution in [0.3, 0.4) is 0 Å². The van der Waals surface area contributed by atoms with Gasteiger partial charge in [-0.25, -0.2) is 0 Å². The van der Waals surface area contributed by atoms with Gasteiger partial charge in [0.1, 0.15) is 11.8 Å². The lowest BCUT2D eigenvalue weighted by molar-refractivity contribution is -0.146. The van der Waals surface area contributed by atoms with E-state index in [9.17, 15) is 14.4 Å². The maximum absolute atomic E-state index is 14.1. The van der Waals surface area contributed by atoms with Crippen LogP contribution in [0.1, 0.15) is 40.5 Å². The van der Waals surface area contributed by atoms with Gasteiger partial charge in [-0.1, -0.05) is 60.7 Å². The first-order chi connectivity index (χ1) is 18.1. The number of para-hydroxylation sites is 2. The van der Waals surface area contributed by atoms with E-state index in [1.165, 1.54) is 4.90 Å². The highest BCUT2D eigenvalue weighted by atomic mass is 32.2. The van der Waals surface area contributed by atoms with Gasteiger partial charge in [0.25, 0.3) is 0 Å². The lowest BCUT2D eigenvalue weighted by atomic mass is 9.55. The van der Waals surface area contributed by atoms with Crippen LogP contribution < -0.4 is 10.1 Å². The Bertz CT molecular complexity index is 1290. The molecule has 37 heavy (non-hydrogen) atoms. The number of nitrogens with one attached hydrogen (secondary N) is 1. The molecule has 1 N–H and O–H groups in total. The quantitative estimate of drug-likeness (QED) is 0.467. The molecule has 0 aromatic heterocycles. The average Bonchev–Trinajstić information content (AvgIpc) is 3.19. The number of hydrogen-bond donors (Lipinski definition) is 1. The van der Waals surface area contributed by atoms with Crippen LogP contribution >= 0.6 is 11.8 Å². The fourth-order valence-corrected chi connectivity index (χ4v) is 7.04. The van der Waals surface area contributed by atoms with E-state index >= 15 is 0 Å². The molecule has 3 aliphatic carbocycles. The smallest absolute Gasteiger partial charge is 0.247 e. The normalized spacial score (nSPS) is 23.8. The van der Waals surface area contributed by atoms with Crippen LogP contribution in [-0.2, 0) is 14.4 Å². The number of imide groups is 1. The van der Waals surface area contributed by atoms with E-state index in [1.54, 1.807) is 31.0 Å². The molecule has 6 nitrogen and oxygen atoms in total. The molecule has 1 saturated heterocycles. The van der Waals surface area contributed by atoms with Gasteiger partial charge >= 0.3 is 0 Å². The van der Waals surface area contributed by atoms with Crippen molar-refractivity contribution in [3.63, 3.8) is 0 Å². The number of methoxy groups -OCH3 is 1. The first-order valence-corrected chi connectivity index (χ1v) is 13.9. The van der Waals surface area contributed by atoms with Crippen molar-refractivity contribution in [2.24, 2.45) is 11.8 Å². The molecular formula is C30H28N2O4S. The standard InChI is InChI=1S/C30H28N2O4S/c1-36-23-14-8-7-13-21(23)31-28(33)22(15-16-37-2)32-29(34)26-24-17-9-3-4-10-18(17)25(27(26)30(32)35)20-12-6-5-11-19(20)24/h3-14,22,24-27H,15-16H2,1-2H3,(H,31,33)/t22-,24?,25?,26+,27+/m1/s1. The number of amides is 3. The molecule has 3 aromatic carbocycles. The number of rotatable bonds is 7. The van der Waals surface area contributed by atoms with Crippen LogP contribution in [0.2, 0.25) is 0 Å². The fraction of sp³-hybridized carbons (Fsp3) is 0.300. The zero-order chi connectivity index (χ0) is 25.7. The van der Waals surface area contributed by atoms with Crippen LogP contribution in [0, 0.1) is 11.8 Å². The van der Waals surface area contributed by atoms with Gasteiger partial charge in [0.2, 0.25) is 17.7 Å². The van der Waals surface area contributed by atoms with Crippen molar-refractivity contribution in [2.45, 2.75) is 24.3 Å². The summed E-state index contributed by atoms with van der Waals surface area (Å²) in [5, 5.41) is 2.92. The Balaban J connectivity index is 1.40. The molecule has 0 unspecified atom stereocenters. The summed E-state index contributed by atoms with van der Waals surface area (Å²) in [6.45, 7) is 0. The first kappa shape index (κ1) is 23.8. The molecule has 7 rings (SSSR count). The highest BCUT2D eigenvalue weighted by molar-refractivity contribution is 7.98. The molecule has 1 fully saturated rings. The van der Waals surface area contributed by atoms with Gasteiger partial charge in [0.05, 0.1) is 24.6 Å². The van der Waals surface area contributed by atoms with Crippen LogP contribution in [0.25, 0.3) is 0 Å². The van der Waals surface area contributed by atoms with Crippen molar-refractivity contribution >= 4 is 35.2 Å². The van der Waals surface area contributed by atoms with Crippen LogP contribution in [0.15, 0.2) is 72.8 Å². The van der Waals surface area contributed by atoms with E-state index < -0.39 is 17.9 Å². The minimum Gasteiger partial charge on any atom is -0.495 e. The predicted octanol–water partition coefficient (Wildman–Crippen LogP) is 4.65. The SMILES string of the molecule is COc1ccccc1NC(=O)[C@@H](CCSC)N1C(=O)[C@H]2C3c4ccccc4C(c4ccccc43)[C@@H]2C1=O. The van der Waals surface area contributed by atoms with Crippen molar-refractivity contribution in [3.8, 4) is 5.75 Å². The highest BCUT2D eigenvalue weighted by Crippen LogP contribution is 2.61. The monoisotopic (exact) mass is 512 g/mol. The fourth-order valence-electron chi connectivity index (χ4n) is 6.58. The first-order valence-electron chi connectivity index (χ1n) is 12.5. The zero-order valence-corrected chi connectivity index (χ0v) is 21.5. The van der Waals surface area contributed by atoms with E-state index in [-0.39, 0.29) is 29.6 Å². The molecule has 1 heterocycles. The minimum absolute atomic E-state index is 0.192. The Morgan fingerprint density at radius 1 is 0.865 bits per heavy atom. The summed E-state index contributed by atoms with van der Waals surface area (Å²) in [6, 6.07) is 22.6. The number of hydrogen-bond acceptors (Lipinski definition) is 5. The summed E-state index contributed by atoms with van der Waals surface area (Å²) in [6.07, 6.45) is 2.34. The van der Waals surface area contributed by atoms with Crippen LogP contribution in [0.4, 0.5) is 5.69 Å². The number of benzene rings is 3. The highest BCUT2D eigenvalue weighted by Gasteiger charge is 2.62. The number of carbonyl (C=O) groups excluding carboxylic acids is 3. The number of likely N-dealkylation sites (tertiary alicyclic amines) is 1. The molecule has 3 atom stereocenters. The topological polar surface area (TPSA) is 75.7 Å². The van der Waals surface area contributed by atoms with E-state index in [4.69, 9.17) is 4.74 Å². The van der Waals surface area contributed by atoms with Crippen LogP contribution in [0.5, 0.6) is 5.75 Å². The van der Waals surface area contributed by atoms with Crippen molar-refractivity contribution in [1.29, 1.82) is 0 Å². The molecule has 0 spiro atoms. The Labute approximate surface area is 220 Å². The van der Waals surface area contributed by atoms with Gasteiger partial charge in [-0.05, 0) is 52.8 Å². The Morgan fingerprint density at radius 2 is 1.35 bits per heavy atom. The number of anilines is 1. The second-order valence-corrected chi connectivity index (χ2v) is 10.8. The molecule has 4 aliphatic rings. The maximum atomic E-state index is 14.1. The van der Waals surface area contributed by atoms with Gasteiger partial charge in [0.15, 0.2) is 0 Å². The second-order valence-electron chi connectivity index (χ2n) is 9.80. The van der Waals surface area contributed by atoms with Gasteiger partial charge in [-0.2, -0.15) is 11.8 Å². The zero-order valence-electron chi connectivity index (χ0n) is 20.7. The number of nitrogens with zero attached hydrogens (tertiary/aromatic N) is 1. The van der Waals surface area contributed by atoms with Gasteiger partial charge in [0, 0.05) is 11.8 Å². The van der Waals surface area contributed by atoms with Crippen LogP contribution in [-0.4, -0.2) is 47.8 Å². The second kappa shape index (κ2) is 9.38. The third kappa shape index (κ3) is 3.59. The summed E-state index contributed by atoms with van der Waals surface area (Å²) in [4.78, 5) is 43.2. The van der Waals surface area contributed by atoms with Crippen molar-refractivity contribution in [2.75, 3.05) is 24.4 Å². The minimum atomic E-state index is -0.895. The van der Waals surface area contributed by atoms with E-state index in [0.29, 0.717) is 23.6 Å². The molecule has 0 saturated carbocycles. The third-order valence-electron chi connectivity index (χ3n) is 8.06. The van der Waals surface area contributed by atoms with Gasteiger partial charge in [-0.3, -0.25) is 19.3 Å². The third-order valence-corrected chi connectivity index (χ3v) is 8.70. The molecule has 3 aromatic rings. The van der Waals surface area contributed by atoms with Crippen molar-refractivity contribution in [3.05, 3.63) is 95.1 Å². The molecule has 3 amide bonds. The van der Waals surface area contributed by atoms with E-state index in [1.807, 2.05) is 42.7 Å². The van der Waals surface area contributed by atoms with Gasteiger partial charge < -0.3 is 10.1 Å². The summed E-state index contributed by atoms with van der Waals surface area (Å²) in [5.41, 5.74) is 4.99. The van der Waals surface area contributed by atoms with Crippen molar-refractivity contribution < 1.29 is 19.1 Å². The molecule has 1 aliphatic heterocycles. The molecule has 0 radical (unpaired) electrons.